The molecule has 4 heteroatoms. The zero-order chi connectivity index (χ0) is 12.9. The Morgan fingerprint density at radius 2 is 2.06 bits per heavy atom. The molecule has 0 atom stereocenters. The van der Waals surface area contributed by atoms with Gasteiger partial charge in [0.2, 0.25) is 5.91 Å². The van der Waals surface area contributed by atoms with Crippen LogP contribution in [0.1, 0.15) is 19.4 Å². The third-order valence-electron chi connectivity index (χ3n) is 2.76. The highest BCUT2D eigenvalue weighted by Crippen LogP contribution is 2.18. The number of carbonyl (C=O) groups excluding carboxylic acids is 1. The highest BCUT2D eigenvalue weighted by atomic mass is 16.5. The molecule has 0 saturated carbocycles. The zero-order valence-electron chi connectivity index (χ0n) is 10.6. The number of amides is 1. The third kappa shape index (κ3) is 3.46. The maximum atomic E-state index is 11.8. The summed E-state index contributed by atoms with van der Waals surface area (Å²) in [5.41, 5.74) is 5.96. The van der Waals surface area contributed by atoms with Crippen molar-refractivity contribution in [1.29, 1.82) is 0 Å². The number of para-hydroxylation sites is 1. The molecule has 0 heterocycles. The second kappa shape index (κ2) is 5.68. The van der Waals surface area contributed by atoms with Crippen molar-refractivity contribution in [2.75, 3.05) is 13.7 Å². The van der Waals surface area contributed by atoms with E-state index < -0.39 is 5.41 Å². The minimum atomic E-state index is -0.540. The molecule has 1 aromatic carbocycles. The van der Waals surface area contributed by atoms with Crippen LogP contribution >= 0.6 is 0 Å². The Kier molecular flexibility index (Phi) is 4.52. The molecule has 0 aromatic heterocycles. The second-order valence-corrected chi connectivity index (χ2v) is 4.58. The van der Waals surface area contributed by atoms with Crippen molar-refractivity contribution in [3.8, 4) is 5.75 Å². The number of hydrogen-bond acceptors (Lipinski definition) is 3. The van der Waals surface area contributed by atoms with E-state index in [0.717, 1.165) is 11.3 Å². The molecule has 0 spiro atoms. The smallest absolute Gasteiger partial charge is 0.227 e. The normalized spacial score (nSPS) is 11.1. The molecule has 17 heavy (non-hydrogen) atoms. The summed E-state index contributed by atoms with van der Waals surface area (Å²) in [6, 6.07) is 7.61. The largest absolute Gasteiger partial charge is 0.496 e. The van der Waals surface area contributed by atoms with Gasteiger partial charge in [-0.2, -0.15) is 0 Å². The average Bonchev–Trinajstić information content (AvgIpc) is 2.36. The first kappa shape index (κ1) is 13.5. The molecule has 3 N–H and O–H groups in total. The standard InChI is InChI=1S/C13H20N2O2/c1-13(2,9-14)12(16)15-8-10-6-4-5-7-11(10)17-3/h4-7H,8-9,14H2,1-3H3,(H,15,16). The predicted molar refractivity (Wildman–Crippen MR) is 67.7 cm³/mol. The van der Waals surface area contributed by atoms with Gasteiger partial charge in [0.05, 0.1) is 12.5 Å². The van der Waals surface area contributed by atoms with Gasteiger partial charge in [0, 0.05) is 18.7 Å². The van der Waals surface area contributed by atoms with Crippen molar-refractivity contribution in [3.63, 3.8) is 0 Å². The summed E-state index contributed by atoms with van der Waals surface area (Å²) in [4.78, 5) is 11.8. The molecule has 1 amide bonds. The Hall–Kier alpha value is -1.55. The predicted octanol–water partition coefficient (Wildman–Crippen LogP) is 1.30. The van der Waals surface area contributed by atoms with E-state index in [1.165, 1.54) is 0 Å². The lowest BCUT2D eigenvalue weighted by Crippen LogP contribution is -2.41. The summed E-state index contributed by atoms with van der Waals surface area (Å²) in [6.45, 7) is 4.42. The number of hydrogen-bond donors (Lipinski definition) is 2. The molecule has 4 nitrogen and oxygen atoms in total. The van der Waals surface area contributed by atoms with Gasteiger partial charge in [-0.15, -0.1) is 0 Å². The first-order chi connectivity index (χ1) is 8.01. The quantitative estimate of drug-likeness (QED) is 0.810. The Labute approximate surface area is 102 Å². The fourth-order valence-electron chi connectivity index (χ4n) is 1.36. The number of ether oxygens (including phenoxy) is 1. The fraction of sp³-hybridized carbons (Fsp3) is 0.462. The van der Waals surface area contributed by atoms with Crippen LogP contribution in [0.2, 0.25) is 0 Å². The number of benzene rings is 1. The highest BCUT2D eigenvalue weighted by Gasteiger charge is 2.25. The summed E-state index contributed by atoms with van der Waals surface area (Å²) in [5, 5.41) is 2.87. The van der Waals surface area contributed by atoms with E-state index in [2.05, 4.69) is 5.32 Å². The maximum absolute atomic E-state index is 11.8. The zero-order valence-corrected chi connectivity index (χ0v) is 10.6. The van der Waals surface area contributed by atoms with Crippen LogP contribution in [0, 0.1) is 5.41 Å². The third-order valence-corrected chi connectivity index (χ3v) is 2.76. The van der Waals surface area contributed by atoms with Crippen LogP contribution in [0.25, 0.3) is 0 Å². The molecule has 0 aliphatic carbocycles. The van der Waals surface area contributed by atoms with Crippen molar-refractivity contribution in [1.82, 2.24) is 5.32 Å². The Morgan fingerprint density at radius 1 is 1.41 bits per heavy atom. The van der Waals surface area contributed by atoms with Gasteiger partial charge >= 0.3 is 0 Å². The molecular weight excluding hydrogens is 216 g/mol. The minimum absolute atomic E-state index is 0.0501. The van der Waals surface area contributed by atoms with Crippen molar-refractivity contribution in [3.05, 3.63) is 29.8 Å². The minimum Gasteiger partial charge on any atom is -0.496 e. The molecule has 1 aromatic rings. The topological polar surface area (TPSA) is 64.3 Å². The SMILES string of the molecule is COc1ccccc1CNC(=O)C(C)(C)CN. The van der Waals surface area contributed by atoms with Gasteiger partial charge in [0.25, 0.3) is 0 Å². The van der Waals surface area contributed by atoms with Crippen molar-refractivity contribution < 1.29 is 9.53 Å². The monoisotopic (exact) mass is 236 g/mol. The van der Waals surface area contributed by atoms with Gasteiger partial charge in [-0.1, -0.05) is 18.2 Å². The molecule has 0 aliphatic rings. The molecule has 0 bridgehead atoms. The summed E-state index contributed by atoms with van der Waals surface area (Å²) in [5.74, 6) is 0.726. The first-order valence-electron chi connectivity index (χ1n) is 5.61. The van der Waals surface area contributed by atoms with E-state index in [-0.39, 0.29) is 5.91 Å². The highest BCUT2D eigenvalue weighted by molar-refractivity contribution is 5.82. The van der Waals surface area contributed by atoms with Gasteiger partial charge in [-0.05, 0) is 19.9 Å². The lowest BCUT2D eigenvalue weighted by molar-refractivity contribution is -0.129. The number of methoxy groups -OCH3 is 1. The maximum Gasteiger partial charge on any atom is 0.227 e. The number of rotatable bonds is 5. The lowest BCUT2D eigenvalue weighted by Gasteiger charge is -2.21. The summed E-state index contributed by atoms with van der Waals surface area (Å²) in [6.07, 6.45) is 0. The van der Waals surface area contributed by atoms with Crippen LogP contribution in [0.15, 0.2) is 24.3 Å². The summed E-state index contributed by atoms with van der Waals surface area (Å²) < 4.78 is 5.21. The van der Waals surface area contributed by atoms with Gasteiger partial charge < -0.3 is 15.8 Å². The molecule has 0 fully saturated rings. The lowest BCUT2D eigenvalue weighted by atomic mass is 9.92. The van der Waals surface area contributed by atoms with E-state index in [4.69, 9.17) is 10.5 Å². The number of carbonyl (C=O) groups is 1. The van der Waals surface area contributed by atoms with Gasteiger partial charge in [-0.3, -0.25) is 4.79 Å². The van der Waals surface area contributed by atoms with Crippen LogP contribution in [0.3, 0.4) is 0 Å². The van der Waals surface area contributed by atoms with Crippen molar-refractivity contribution in [2.45, 2.75) is 20.4 Å². The fourth-order valence-corrected chi connectivity index (χ4v) is 1.36. The molecule has 0 saturated heterocycles. The molecule has 0 unspecified atom stereocenters. The molecule has 1 rings (SSSR count). The van der Waals surface area contributed by atoms with Gasteiger partial charge in [-0.25, -0.2) is 0 Å². The van der Waals surface area contributed by atoms with E-state index in [1.54, 1.807) is 7.11 Å². The van der Waals surface area contributed by atoms with E-state index in [0.29, 0.717) is 13.1 Å². The van der Waals surface area contributed by atoms with Crippen LogP contribution in [0.4, 0.5) is 0 Å². The molecule has 94 valence electrons. The van der Waals surface area contributed by atoms with E-state index in [1.807, 2.05) is 38.1 Å². The average molecular weight is 236 g/mol. The number of nitrogens with one attached hydrogen (secondary N) is 1. The first-order valence-corrected chi connectivity index (χ1v) is 5.61. The summed E-state index contributed by atoms with van der Waals surface area (Å²) >= 11 is 0. The molecule has 0 radical (unpaired) electrons. The Bertz CT molecular complexity index is 389. The molecular formula is C13H20N2O2. The Balaban J connectivity index is 2.65. The summed E-state index contributed by atoms with van der Waals surface area (Å²) in [7, 11) is 1.62. The van der Waals surface area contributed by atoms with Crippen LogP contribution in [-0.2, 0) is 11.3 Å². The Morgan fingerprint density at radius 3 is 2.65 bits per heavy atom. The van der Waals surface area contributed by atoms with Gasteiger partial charge in [0.1, 0.15) is 5.75 Å². The van der Waals surface area contributed by atoms with Crippen LogP contribution in [-0.4, -0.2) is 19.6 Å². The van der Waals surface area contributed by atoms with Crippen LogP contribution in [0.5, 0.6) is 5.75 Å². The van der Waals surface area contributed by atoms with Crippen molar-refractivity contribution >= 4 is 5.91 Å². The number of nitrogens with two attached hydrogens (primary N) is 1. The van der Waals surface area contributed by atoms with Gasteiger partial charge in [0.15, 0.2) is 0 Å². The van der Waals surface area contributed by atoms with E-state index >= 15 is 0 Å². The van der Waals surface area contributed by atoms with Crippen LogP contribution < -0.4 is 15.8 Å². The second-order valence-electron chi connectivity index (χ2n) is 4.58. The van der Waals surface area contributed by atoms with E-state index in [9.17, 15) is 4.79 Å². The molecule has 0 aliphatic heterocycles. The van der Waals surface area contributed by atoms with Crippen molar-refractivity contribution in [2.24, 2.45) is 11.1 Å².